The second-order valence-electron chi connectivity index (χ2n) is 4.01. The van der Waals surface area contributed by atoms with E-state index in [9.17, 15) is 14.4 Å². The van der Waals surface area contributed by atoms with E-state index < -0.39 is 29.9 Å². The lowest BCUT2D eigenvalue weighted by molar-refractivity contribution is -0.143. The molecule has 0 N–H and O–H groups in total. The first-order valence-electron chi connectivity index (χ1n) is 5.51. The Hall–Kier alpha value is -1.85. The molecular formula is C12H16O6. The van der Waals surface area contributed by atoms with Crippen molar-refractivity contribution in [1.29, 1.82) is 0 Å². The fourth-order valence-electron chi connectivity index (χ4n) is 1.92. The molecular weight excluding hydrogens is 240 g/mol. The number of hydrogen-bond acceptors (Lipinski definition) is 6. The maximum absolute atomic E-state index is 11.6. The molecule has 0 saturated carbocycles. The van der Waals surface area contributed by atoms with Gasteiger partial charge in [0.05, 0.1) is 38.4 Å². The average Bonchev–Trinajstić information content (AvgIpc) is 2.38. The van der Waals surface area contributed by atoms with Crippen molar-refractivity contribution in [3.8, 4) is 0 Å². The van der Waals surface area contributed by atoms with Crippen molar-refractivity contribution >= 4 is 18.2 Å². The van der Waals surface area contributed by atoms with Crippen molar-refractivity contribution < 1.29 is 28.6 Å². The van der Waals surface area contributed by atoms with Gasteiger partial charge in [-0.15, -0.1) is 0 Å². The van der Waals surface area contributed by atoms with Gasteiger partial charge >= 0.3 is 11.9 Å². The lowest BCUT2D eigenvalue weighted by Crippen LogP contribution is -2.37. The largest absolute Gasteiger partial charge is 0.497 e. The minimum atomic E-state index is -0.609. The summed E-state index contributed by atoms with van der Waals surface area (Å²) in [5.74, 6) is -2.26. The Bertz CT molecular complexity index is 373. The summed E-state index contributed by atoms with van der Waals surface area (Å²) in [5.41, 5.74) is 0.179. The molecule has 0 aliphatic carbocycles. The third-order valence-corrected chi connectivity index (χ3v) is 3.01. The molecule has 0 bridgehead atoms. The van der Waals surface area contributed by atoms with Crippen LogP contribution in [0.1, 0.15) is 13.3 Å². The molecule has 6 heteroatoms. The van der Waals surface area contributed by atoms with E-state index in [1.54, 1.807) is 6.92 Å². The highest BCUT2D eigenvalue weighted by Gasteiger charge is 2.39. The molecule has 0 spiro atoms. The molecule has 0 aromatic carbocycles. The maximum Gasteiger partial charge on any atom is 0.337 e. The van der Waals surface area contributed by atoms with Crippen LogP contribution < -0.4 is 0 Å². The number of carbonyl (C=O) groups excluding carboxylic acids is 3. The quantitative estimate of drug-likeness (QED) is 0.537. The van der Waals surface area contributed by atoms with E-state index >= 15 is 0 Å². The molecule has 0 aromatic rings. The van der Waals surface area contributed by atoms with Gasteiger partial charge < -0.3 is 19.0 Å². The van der Waals surface area contributed by atoms with Gasteiger partial charge in [0.2, 0.25) is 0 Å². The van der Waals surface area contributed by atoms with Gasteiger partial charge in [-0.05, 0) is 6.92 Å². The highest BCUT2D eigenvalue weighted by molar-refractivity contribution is 5.90. The fourth-order valence-corrected chi connectivity index (χ4v) is 1.92. The summed E-state index contributed by atoms with van der Waals surface area (Å²) >= 11 is 0. The minimum Gasteiger partial charge on any atom is -0.497 e. The SMILES string of the molecule is COC(=O)C[C@@H]1C(C(=O)OC)=CO[C@@H](C)[C@@H]1C=O. The molecule has 3 atom stereocenters. The van der Waals surface area contributed by atoms with Crippen molar-refractivity contribution in [1.82, 2.24) is 0 Å². The Labute approximate surface area is 105 Å². The first-order valence-corrected chi connectivity index (χ1v) is 5.51. The average molecular weight is 256 g/mol. The Morgan fingerprint density at radius 3 is 2.56 bits per heavy atom. The van der Waals surface area contributed by atoms with Crippen LogP contribution in [0.5, 0.6) is 0 Å². The van der Waals surface area contributed by atoms with Gasteiger partial charge in [-0.3, -0.25) is 4.79 Å². The Kier molecular flexibility index (Phi) is 4.88. The van der Waals surface area contributed by atoms with Gasteiger partial charge in [-0.25, -0.2) is 4.79 Å². The second kappa shape index (κ2) is 6.18. The molecule has 0 fully saturated rings. The number of esters is 2. The third kappa shape index (κ3) is 2.88. The van der Waals surface area contributed by atoms with Crippen LogP contribution in [-0.4, -0.2) is 38.5 Å². The van der Waals surface area contributed by atoms with Crippen LogP contribution in [0.2, 0.25) is 0 Å². The molecule has 6 nitrogen and oxygen atoms in total. The number of aldehydes is 1. The number of rotatable bonds is 4. The summed E-state index contributed by atoms with van der Waals surface area (Å²) < 4.78 is 14.4. The summed E-state index contributed by atoms with van der Waals surface area (Å²) in [4.78, 5) is 34.0. The van der Waals surface area contributed by atoms with Crippen LogP contribution in [0, 0.1) is 11.8 Å². The van der Waals surface area contributed by atoms with Crippen LogP contribution in [-0.2, 0) is 28.6 Å². The Balaban J connectivity index is 3.02. The minimum absolute atomic E-state index is 0.0610. The Morgan fingerprint density at radius 2 is 2.06 bits per heavy atom. The maximum atomic E-state index is 11.6. The molecule has 0 amide bonds. The standard InChI is InChI=1S/C12H16O6/c1-7-9(5-13)8(4-11(14)16-2)10(6-18-7)12(15)17-3/h5-9H,4H2,1-3H3/t7-,8-,9-/m0/s1. The number of ether oxygens (including phenoxy) is 3. The highest BCUT2D eigenvalue weighted by Crippen LogP contribution is 2.32. The molecule has 0 saturated heterocycles. The molecule has 1 heterocycles. The summed E-state index contributed by atoms with van der Waals surface area (Å²) in [6, 6.07) is 0. The number of methoxy groups -OCH3 is 2. The van der Waals surface area contributed by atoms with Crippen LogP contribution in [0.25, 0.3) is 0 Å². The molecule has 1 aliphatic heterocycles. The van der Waals surface area contributed by atoms with E-state index in [0.29, 0.717) is 6.29 Å². The van der Waals surface area contributed by atoms with Crippen molar-refractivity contribution in [3.63, 3.8) is 0 Å². The van der Waals surface area contributed by atoms with Gasteiger partial charge in [0.25, 0.3) is 0 Å². The van der Waals surface area contributed by atoms with E-state index in [1.165, 1.54) is 20.5 Å². The lowest BCUT2D eigenvalue weighted by atomic mass is 9.80. The normalized spacial score (nSPS) is 26.6. The van der Waals surface area contributed by atoms with E-state index in [4.69, 9.17) is 4.74 Å². The van der Waals surface area contributed by atoms with Crippen LogP contribution in [0.4, 0.5) is 0 Å². The summed E-state index contributed by atoms with van der Waals surface area (Å²) in [6.45, 7) is 1.70. The molecule has 0 unspecified atom stereocenters. The summed E-state index contributed by atoms with van der Waals surface area (Å²) in [5, 5.41) is 0. The zero-order valence-corrected chi connectivity index (χ0v) is 10.5. The van der Waals surface area contributed by atoms with Gasteiger partial charge in [0.15, 0.2) is 0 Å². The van der Waals surface area contributed by atoms with Crippen molar-refractivity contribution in [2.45, 2.75) is 19.4 Å². The van der Waals surface area contributed by atoms with E-state index in [0.717, 1.165) is 0 Å². The summed E-state index contributed by atoms with van der Waals surface area (Å²) in [7, 11) is 2.48. The zero-order chi connectivity index (χ0) is 13.7. The first-order chi connectivity index (χ1) is 8.54. The lowest BCUT2D eigenvalue weighted by Gasteiger charge is -2.31. The van der Waals surface area contributed by atoms with E-state index in [2.05, 4.69) is 9.47 Å². The number of carbonyl (C=O) groups is 3. The molecule has 100 valence electrons. The zero-order valence-electron chi connectivity index (χ0n) is 10.5. The predicted octanol–water partition coefficient (Wildman–Crippen LogP) is 0.456. The van der Waals surface area contributed by atoms with Gasteiger partial charge in [0.1, 0.15) is 12.4 Å². The van der Waals surface area contributed by atoms with Crippen molar-refractivity contribution in [2.24, 2.45) is 11.8 Å². The van der Waals surface area contributed by atoms with Gasteiger partial charge in [0, 0.05) is 5.92 Å². The van der Waals surface area contributed by atoms with Gasteiger partial charge in [-0.1, -0.05) is 0 Å². The highest BCUT2D eigenvalue weighted by atomic mass is 16.5. The molecule has 18 heavy (non-hydrogen) atoms. The van der Waals surface area contributed by atoms with Crippen molar-refractivity contribution in [2.75, 3.05) is 14.2 Å². The smallest absolute Gasteiger partial charge is 0.337 e. The molecule has 1 aliphatic rings. The van der Waals surface area contributed by atoms with Crippen LogP contribution in [0.15, 0.2) is 11.8 Å². The van der Waals surface area contributed by atoms with E-state index in [1.807, 2.05) is 0 Å². The third-order valence-electron chi connectivity index (χ3n) is 3.01. The predicted molar refractivity (Wildman–Crippen MR) is 60.3 cm³/mol. The van der Waals surface area contributed by atoms with Crippen LogP contribution >= 0.6 is 0 Å². The molecule has 0 aromatic heterocycles. The second-order valence-corrected chi connectivity index (χ2v) is 4.01. The van der Waals surface area contributed by atoms with E-state index in [-0.39, 0.29) is 12.0 Å². The number of hydrogen-bond donors (Lipinski definition) is 0. The molecule has 1 rings (SSSR count). The summed E-state index contributed by atoms with van der Waals surface area (Å²) in [6.07, 6.45) is 1.48. The van der Waals surface area contributed by atoms with Gasteiger partial charge in [-0.2, -0.15) is 0 Å². The topological polar surface area (TPSA) is 78.9 Å². The van der Waals surface area contributed by atoms with Crippen LogP contribution in [0.3, 0.4) is 0 Å². The first kappa shape index (κ1) is 14.2. The Morgan fingerprint density at radius 1 is 1.39 bits per heavy atom. The van der Waals surface area contributed by atoms with Crippen molar-refractivity contribution in [3.05, 3.63) is 11.8 Å². The fraction of sp³-hybridized carbons (Fsp3) is 0.583. The monoisotopic (exact) mass is 256 g/mol. The molecule has 0 radical (unpaired) electrons.